The van der Waals surface area contributed by atoms with E-state index in [9.17, 15) is 0 Å². The molecule has 0 bridgehead atoms. The van der Waals surface area contributed by atoms with Crippen LogP contribution in [0, 0.1) is 11.7 Å². The zero-order chi connectivity index (χ0) is 12.7. The van der Waals surface area contributed by atoms with Crippen molar-refractivity contribution in [3.8, 4) is 0 Å². The molecule has 2 heterocycles. The van der Waals surface area contributed by atoms with Crippen LogP contribution in [0.25, 0.3) is 11.0 Å². The van der Waals surface area contributed by atoms with Crippen LogP contribution in [0.15, 0.2) is 36.4 Å². The van der Waals surface area contributed by atoms with Gasteiger partial charge in [0.2, 0.25) is 0 Å². The van der Waals surface area contributed by atoms with Gasteiger partial charge in [0.25, 0.3) is 0 Å². The highest BCUT2D eigenvalue weighted by Gasteiger charge is 2.14. The molecule has 1 unspecified atom stereocenters. The van der Waals surface area contributed by atoms with Gasteiger partial charge in [-0.2, -0.15) is 0 Å². The number of thiophene rings is 1. The molecule has 92 valence electrons. The molecular weight excluding hydrogens is 260 g/mol. The van der Waals surface area contributed by atoms with Gasteiger partial charge in [-0.1, -0.05) is 12.1 Å². The number of fused-ring (bicyclic) bond motifs is 1. The Morgan fingerprint density at radius 3 is 2.72 bits per heavy atom. The number of H-pyrrole nitrogens is 1. The zero-order valence-corrected chi connectivity index (χ0v) is 11.9. The van der Waals surface area contributed by atoms with Crippen molar-refractivity contribution in [3.05, 3.63) is 50.9 Å². The van der Waals surface area contributed by atoms with Gasteiger partial charge >= 0.3 is 0 Å². The van der Waals surface area contributed by atoms with E-state index < -0.39 is 0 Å². The van der Waals surface area contributed by atoms with E-state index in [-0.39, 0.29) is 6.04 Å². The van der Waals surface area contributed by atoms with Crippen LogP contribution in [-0.4, -0.2) is 9.55 Å². The first-order valence-electron chi connectivity index (χ1n) is 5.92. The second-order valence-electron chi connectivity index (χ2n) is 4.44. The maximum Gasteiger partial charge on any atom is 0.178 e. The van der Waals surface area contributed by atoms with Crippen molar-refractivity contribution in [2.24, 2.45) is 0 Å². The molecule has 3 rings (SSSR count). The molecule has 0 amide bonds. The highest BCUT2D eigenvalue weighted by Crippen LogP contribution is 2.28. The maximum absolute atomic E-state index is 5.45. The molecule has 0 aliphatic rings. The lowest BCUT2D eigenvalue weighted by Gasteiger charge is -2.12. The van der Waals surface area contributed by atoms with Crippen molar-refractivity contribution in [3.63, 3.8) is 0 Å². The average molecular weight is 274 g/mol. The number of aromatic amines is 1. The molecule has 0 saturated carbocycles. The number of aryl methyl sites for hydroxylation is 1. The van der Waals surface area contributed by atoms with E-state index in [1.807, 2.05) is 23.5 Å². The van der Waals surface area contributed by atoms with Crippen LogP contribution in [0.2, 0.25) is 0 Å². The van der Waals surface area contributed by atoms with Crippen LogP contribution >= 0.6 is 23.6 Å². The van der Waals surface area contributed by atoms with Crippen LogP contribution < -0.4 is 0 Å². The molecule has 0 radical (unpaired) electrons. The second-order valence-corrected chi connectivity index (χ2v) is 6.15. The third-order valence-electron chi connectivity index (χ3n) is 3.18. The predicted octanol–water partition coefficient (Wildman–Crippen LogP) is 4.68. The second kappa shape index (κ2) is 4.37. The molecule has 0 saturated heterocycles. The van der Waals surface area contributed by atoms with Crippen molar-refractivity contribution < 1.29 is 0 Å². The van der Waals surface area contributed by atoms with E-state index >= 15 is 0 Å². The van der Waals surface area contributed by atoms with E-state index in [1.165, 1.54) is 15.3 Å². The number of hydrogen-bond donors (Lipinski definition) is 1. The lowest BCUT2D eigenvalue weighted by atomic mass is 10.2. The van der Waals surface area contributed by atoms with Gasteiger partial charge < -0.3 is 9.55 Å². The third-order valence-corrected chi connectivity index (χ3v) is 4.65. The van der Waals surface area contributed by atoms with Crippen molar-refractivity contribution in [2.75, 3.05) is 0 Å². The van der Waals surface area contributed by atoms with E-state index in [2.05, 4.69) is 47.7 Å². The largest absolute Gasteiger partial charge is 0.331 e. The van der Waals surface area contributed by atoms with Crippen molar-refractivity contribution in [1.82, 2.24) is 9.55 Å². The van der Waals surface area contributed by atoms with Crippen LogP contribution in [0.5, 0.6) is 0 Å². The Labute approximate surface area is 115 Å². The lowest BCUT2D eigenvalue weighted by molar-refractivity contribution is 0.661. The summed E-state index contributed by atoms with van der Waals surface area (Å²) in [5.74, 6) is 0. The average Bonchev–Trinajstić information content (AvgIpc) is 2.91. The Morgan fingerprint density at radius 2 is 2.00 bits per heavy atom. The standard InChI is InChI=1S/C14H14N2S2/c1-9-7-8-13(18-9)10(2)16-12-6-4-3-5-11(12)15-14(16)17/h3-8,10H,1-2H3,(H,15,17). The maximum atomic E-state index is 5.45. The number of benzene rings is 1. The first-order valence-corrected chi connectivity index (χ1v) is 7.15. The predicted molar refractivity (Wildman–Crippen MR) is 80.0 cm³/mol. The molecule has 0 aliphatic heterocycles. The summed E-state index contributed by atoms with van der Waals surface area (Å²) in [6, 6.07) is 12.9. The Hall–Kier alpha value is -1.39. The Morgan fingerprint density at radius 1 is 1.22 bits per heavy atom. The molecule has 2 aromatic heterocycles. The van der Waals surface area contributed by atoms with Crippen LogP contribution in [0.3, 0.4) is 0 Å². The van der Waals surface area contributed by atoms with E-state index in [1.54, 1.807) is 0 Å². The van der Waals surface area contributed by atoms with Crippen molar-refractivity contribution in [2.45, 2.75) is 19.9 Å². The van der Waals surface area contributed by atoms with Gasteiger partial charge in [-0.05, 0) is 50.3 Å². The number of imidazole rings is 1. The molecule has 1 atom stereocenters. The lowest BCUT2D eigenvalue weighted by Crippen LogP contribution is -2.04. The number of nitrogens with zero attached hydrogens (tertiary/aromatic N) is 1. The molecule has 4 heteroatoms. The first kappa shape index (κ1) is 11.7. The fourth-order valence-corrected chi connectivity index (χ4v) is 3.55. The summed E-state index contributed by atoms with van der Waals surface area (Å²) in [4.78, 5) is 5.94. The number of aromatic nitrogens is 2. The summed E-state index contributed by atoms with van der Waals surface area (Å²) in [5, 5.41) is 0. The summed E-state index contributed by atoms with van der Waals surface area (Å²) in [7, 11) is 0. The quantitative estimate of drug-likeness (QED) is 0.673. The molecular formula is C14H14N2S2. The minimum absolute atomic E-state index is 0.271. The number of nitrogens with one attached hydrogen (secondary N) is 1. The fraction of sp³-hybridized carbons (Fsp3) is 0.214. The van der Waals surface area contributed by atoms with Crippen molar-refractivity contribution >= 4 is 34.6 Å². The number of para-hydroxylation sites is 2. The SMILES string of the molecule is Cc1ccc(C(C)n2c(=S)[nH]c3ccccc32)s1. The van der Waals surface area contributed by atoms with Gasteiger partial charge in [-0.3, -0.25) is 0 Å². The summed E-state index contributed by atoms with van der Waals surface area (Å²) < 4.78 is 2.98. The van der Waals surface area contributed by atoms with E-state index in [0.717, 1.165) is 10.3 Å². The number of rotatable bonds is 2. The van der Waals surface area contributed by atoms with Crippen LogP contribution in [0.1, 0.15) is 22.7 Å². The molecule has 0 spiro atoms. The molecule has 18 heavy (non-hydrogen) atoms. The highest BCUT2D eigenvalue weighted by molar-refractivity contribution is 7.71. The monoisotopic (exact) mass is 274 g/mol. The van der Waals surface area contributed by atoms with Gasteiger partial charge in [0.15, 0.2) is 4.77 Å². The van der Waals surface area contributed by atoms with Crippen LogP contribution in [-0.2, 0) is 0 Å². The molecule has 1 aromatic carbocycles. The molecule has 0 aliphatic carbocycles. The summed E-state index contributed by atoms with van der Waals surface area (Å²) in [6.45, 7) is 4.33. The Balaban J connectivity index is 2.19. The minimum Gasteiger partial charge on any atom is -0.331 e. The normalized spacial score (nSPS) is 13.0. The summed E-state index contributed by atoms with van der Waals surface area (Å²) >= 11 is 7.28. The Kier molecular flexibility index (Phi) is 2.84. The topological polar surface area (TPSA) is 20.7 Å². The molecule has 0 fully saturated rings. The van der Waals surface area contributed by atoms with Gasteiger partial charge in [-0.25, -0.2) is 0 Å². The molecule has 3 aromatic rings. The van der Waals surface area contributed by atoms with Crippen molar-refractivity contribution in [1.29, 1.82) is 0 Å². The molecule has 2 nitrogen and oxygen atoms in total. The van der Waals surface area contributed by atoms with Gasteiger partial charge in [0.1, 0.15) is 0 Å². The Bertz CT molecular complexity index is 748. The van der Waals surface area contributed by atoms with Gasteiger partial charge in [0, 0.05) is 9.75 Å². The van der Waals surface area contributed by atoms with E-state index in [0.29, 0.717) is 0 Å². The highest BCUT2D eigenvalue weighted by atomic mass is 32.1. The summed E-state index contributed by atoms with van der Waals surface area (Å²) in [5.41, 5.74) is 2.27. The zero-order valence-electron chi connectivity index (χ0n) is 10.3. The van der Waals surface area contributed by atoms with Crippen LogP contribution in [0.4, 0.5) is 0 Å². The molecule has 1 N–H and O–H groups in total. The smallest absolute Gasteiger partial charge is 0.178 e. The first-order chi connectivity index (χ1) is 8.66. The fourth-order valence-electron chi connectivity index (χ4n) is 2.26. The third kappa shape index (κ3) is 1.82. The van der Waals surface area contributed by atoms with Gasteiger partial charge in [-0.15, -0.1) is 11.3 Å². The summed E-state index contributed by atoms with van der Waals surface area (Å²) in [6.07, 6.45) is 0. The van der Waals surface area contributed by atoms with Gasteiger partial charge in [0.05, 0.1) is 17.1 Å². The number of hydrogen-bond acceptors (Lipinski definition) is 2. The van der Waals surface area contributed by atoms with E-state index in [4.69, 9.17) is 12.2 Å². The minimum atomic E-state index is 0.271.